The Kier molecular flexibility index (Phi) is 10.3. The third-order valence-electron chi connectivity index (χ3n) is 4.35. The largest absolute Gasteiger partial charge is 0.377 e. The predicted octanol–water partition coefficient (Wildman–Crippen LogP) is 2.73. The number of hydrogen-bond donors (Lipinski definition) is 2. The second-order valence-electron chi connectivity index (χ2n) is 5.96. The summed E-state index contributed by atoms with van der Waals surface area (Å²) in [5, 5.41) is 3.26. The van der Waals surface area contributed by atoms with Crippen LogP contribution in [0, 0.1) is 0 Å². The van der Waals surface area contributed by atoms with Gasteiger partial charge in [-0.05, 0) is 44.0 Å². The van der Waals surface area contributed by atoms with E-state index in [2.05, 4.69) is 46.4 Å². The molecular formula is C18H31IN4O. The lowest BCUT2D eigenvalue weighted by molar-refractivity contribution is 0.134. The lowest BCUT2D eigenvalue weighted by Crippen LogP contribution is -2.42. The average molecular weight is 446 g/mol. The number of nitrogens with two attached hydrogens (primary N) is 1. The molecule has 0 aromatic heterocycles. The minimum Gasteiger partial charge on any atom is -0.377 e. The van der Waals surface area contributed by atoms with E-state index in [1.165, 1.54) is 24.9 Å². The summed E-state index contributed by atoms with van der Waals surface area (Å²) in [4.78, 5) is 6.93. The van der Waals surface area contributed by atoms with Crippen molar-refractivity contribution >= 4 is 29.9 Å². The van der Waals surface area contributed by atoms with Gasteiger partial charge in [0.1, 0.15) is 0 Å². The molecule has 1 aliphatic heterocycles. The fourth-order valence-electron chi connectivity index (χ4n) is 2.96. The van der Waals surface area contributed by atoms with Crippen LogP contribution in [0.25, 0.3) is 0 Å². The molecule has 2 rings (SSSR count). The summed E-state index contributed by atoms with van der Waals surface area (Å²) in [6, 6.07) is 8.93. The van der Waals surface area contributed by atoms with Crippen molar-refractivity contribution in [3.63, 3.8) is 0 Å². The highest BCUT2D eigenvalue weighted by Crippen LogP contribution is 2.15. The predicted molar refractivity (Wildman–Crippen MR) is 111 cm³/mol. The standard InChI is InChI=1S/C18H30N4O.HI/c1-3-22-11-5-6-17(22)13-21-18(19)20-12-15-7-9-16(10-8-15)14-23-4-2;/h7-10,17H,3-6,11-14H2,1-2H3,(H3,19,20,21);1H. The second kappa shape index (κ2) is 11.7. The van der Waals surface area contributed by atoms with E-state index in [4.69, 9.17) is 10.5 Å². The molecule has 1 fully saturated rings. The fraction of sp³-hybridized carbons (Fsp3) is 0.611. The molecule has 0 radical (unpaired) electrons. The first-order valence-corrected chi connectivity index (χ1v) is 8.66. The molecule has 1 heterocycles. The van der Waals surface area contributed by atoms with Crippen molar-refractivity contribution in [2.75, 3.05) is 26.2 Å². The van der Waals surface area contributed by atoms with Gasteiger partial charge in [0, 0.05) is 19.2 Å². The van der Waals surface area contributed by atoms with Crippen molar-refractivity contribution in [3.05, 3.63) is 35.4 Å². The van der Waals surface area contributed by atoms with E-state index in [0.717, 1.165) is 25.3 Å². The molecule has 1 unspecified atom stereocenters. The summed E-state index contributed by atoms with van der Waals surface area (Å²) in [5.41, 5.74) is 8.33. The van der Waals surface area contributed by atoms with Gasteiger partial charge in [-0.25, -0.2) is 4.99 Å². The van der Waals surface area contributed by atoms with E-state index in [9.17, 15) is 0 Å². The molecule has 1 aromatic carbocycles. The van der Waals surface area contributed by atoms with Gasteiger partial charge in [0.2, 0.25) is 0 Å². The molecule has 0 spiro atoms. The molecular weight excluding hydrogens is 415 g/mol. The molecule has 0 bridgehead atoms. The van der Waals surface area contributed by atoms with Crippen molar-refractivity contribution in [2.24, 2.45) is 10.7 Å². The normalized spacial score (nSPS) is 18.4. The third-order valence-corrected chi connectivity index (χ3v) is 4.35. The molecule has 0 aliphatic carbocycles. The monoisotopic (exact) mass is 446 g/mol. The minimum atomic E-state index is 0. The van der Waals surface area contributed by atoms with Crippen molar-refractivity contribution in [1.82, 2.24) is 10.2 Å². The first-order valence-electron chi connectivity index (χ1n) is 8.66. The lowest BCUT2D eigenvalue weighted by atomic mass is 10.1. The number of nitrogens with one attached hydrogen (secondary N) is 1. The van der Waals surface area contributed by atoms with Gasteiger partial charge in [0.15, 0.2) is 5.96 Å². The average Bonchev–Trinajstić information content (AvgIpc) is 3.04. The molecule has 5 nitrogen and oxygen atoms in total. The molecule has 0 amide bonds. The number of likely N-dealkylation sites (tertiary alicyclic amines) is 1. The van der Waals surface area contributed by atoms with Gasteiger partial charge in [-0.1, -0.05) is 31.2 Å². The maximum absolute atomic E-state index is 5.98. The molecule has 0 saturated carbocycles. The van der Waals surface area contributed by atoms with Crippen molar-refractivity contribution in [1.29, 1.82) is 0 Å². The Labute approximate surface area is 163 Å². The zero-order chi connectivity index (χ0) is 16.5. The van der Waals surface area contributed by atoms with Gasteiger partial charge in [-0.3, -0.25) is 4.90 Å². The van der Waals surface area contributed by atoms with Crippen LogP contribution in [0.2, 0.25) is 0 Å². The number of likely N-dealkylation sites (N-methyl/N-ethyl adjacent to an activating group) is 1. The molecule has 24 heavy (non-hydrogen) atoms. The van der Waals surface area contributed by atoms with Crippen LogP contribution in [0.5, 0.6) is 0 Å². The zero-order valence-corrected chi connectivity index (χ0v) is 17.2. The van der Waals surface area contributed by atoms with Crippen LogP contribution in [-0.2, 0) is 17.9 Å². The van der Waals surface area contributed by atoms with Crippen LogP contribution in [0.1, 0.15) is 37.8 Å². The van der Waals surface area contributed by atoms with E-state index in [1.54, 1.807) is 0 Å². The third kappa shape index (κ3) is 6.94. The highest BCUT2D eigenvalue weighted by Gasteiger charge is 2.22. The number of hydrogen-bond acceptors (Lipinski definition) is 3. The number of halogens is 1. The molecule has 1 aliphatic rings. The molecule has 1 aromatic rings. The number of ether oxygens (including phenoxy) is 1. The van der Waals surface area contributed by atoms with Gasteiger partial charge in [-0.15, -0.1) is 24.0 Å². The number of benzene rings is 1. The molecule has 6 heteroatoms. The summed E-state index contributed by atoms with van der Waals surface area (Å²) in [6.07, 6.45) is 2.53. The fourth-order valence-corrected chi connectivity index (χ4v) is 2.96. The van der Waals surface area contributed by atoms with Crippen molar-refractivity contribution < 1.29 is 4.74 Å². The van der Waals surface area contributed by atoms with Crippen molar-refractivity contribution in [3.8, 4) is 0 Å². The Morgan fingerprint density at radius 3 is 2.67 bits per heavy atom. The van der Waals surface area contributed by atoms with Gasteiger partial charge >= 0.3 is 0 Å². The minimum absolute atomic E-state index is 0. The van der Waals surface area contributed by atoms with E-state index in [1.807, 2.05) is 6.92 Å². The van der Waals surface area contributed by atoms with E-state index in [-0.39, 0.29) is 24.0 Å². The van der Waals surface area contributed by atoms with Gasteiger partial charge < -0.3 is 15.8 Å². The highest BCUT2D eigenvalue weighted by atomic mass is 127. The van der Waals surface area contributed by atoms with E-state index in [0.29, 0.717) is 25.2 Å². The maximum atomic E-state index is 5.98. The highest BCUT2D eigenvalue weighted by molar-refractivity contribution is 14.0. The maximum Gasteiger partial charge on any atom is 0.188 e. The Morgan fingerprint density at radius 1 is 1.29 bits per heavy atom. The Balaban J connectivity index is 0.00000288. The number of nitrogens with zero attached hydrogens (tertiary/aromatic N) is 2. The SMILES string of the molecule is CCOCc1ccc(CN=C(N)NCC2CCCN2CC)cc1.I. The van der Waals surface area contributed by atoms with Crippen LogP contribution in [-0.4, -0.2) is 43.1 Å². The summed E-state index contributed by atoms with van der Waals surface area (Å²) in [6.45, 7) is 9.43. The first-order chi connectivity index (χ1) is 11.2. The van der Waals surface area contributed by atoms with Crippen LogP contribution in [0.15, 0.2) is 29.3 Å². The lowest BCUT2D eigenvalue weighted by Gasteiger charge is -2.23. The molecule has 1 saturated heterocycles. The summed E-state index contributed by atoms with van der Waals surface area (Å²) in [5.74, 6) is 0.534. The Bertz CT molecular complexity index is 492. The zero-order valence-electron chi connectivity index (χ0n) is 14.8. The number of rotatable bonds is 8. The number of guanidine groups is 1. The quantitative estimate of drug-likeness (QED) is 0.366. The topological polar surface area (TPSA) is 62.9 Å². The summed E-state index contributed by atoms with van der Waals surface area (Å²) < 4.78 is 5.39. The molecule has 1 atom stereocenters. The first kappa shape index (κ1) is 21.2. The smallest absolute Gasteiger partial charge is 0.188 e. The van der Waals surface area contributed by atoms with E-state index < -0.39 is 0 Å². The van der Waals surface area contributed by atoms with Crippen molar-refractivity contribution in [2.45, 2.75) is 45.9 Å². The van der Waals surface area contributed by atoms with Crippen LogP contribution < -0.4 is 11.1 Å². The van der Waals surface area contributed by atoms with Gasteiger partial charge in [0.05, 0.1) is 13.2 Å². The van der Waals surface area contributed by atoms with Crippen LogP contribution >= 0.6 is 24.0 Å². The Hall–Kier alpha value is -0.860. The molecule has 3 N–H and O–H groups in total. The second-order valence-corrected chi connectivity index (χ2v) is 5.96. The van der Waals surface area contributed by atoms with Gasteiger partial charge in [-0.2, -0.15) is 0 Å². The Morgan fingerprint density at radius 2 is 2.00 bits per heavy atom. The van der Waals surface area contributed by atoms with Gasteiger partial charge in [0.25, 0.3) is 0 Å². The summed E-state index contributed by atoms with van der Waals surface area (Å²) >= 11 is 0. The van der Waals surface area contributed by atoms with Crippen LogP contribution in [0.3, 0.4) is 0 Å². The van der Waals surface area contributed by atoms with Crippen LogP contribution in [0.4, 0.5) is 0 Å². The summed E-state index contributed by atoms with van der Waals surface area (Å²) in [7, 11) is 0. The number of aliphatic imine (C=N–C) groups is 1. The molecule has 136 valence electrons. The van der Waals surface area contributed by atoms with E-state index >= 15 is 0 Å².